The first-order valence-electron chi connectivity index (χ1n) is 6.53. The minimum atomic E-state index is -0.343. The van der Waals surface area contributed by atoms with Gasteiger partial charge in [-0.15, -0.1) is 0 Å². The van der Waals surface area contributed by atoms with E-state index in [1.54, 1.807) is 6.07 Å². The smallest absolute Gasteiger partial charge is 0.293 e. The summed E-state index contributed by atoms with van der Waals surface area (Å²) in [5.41, 5.74) is 1.45. The zero-order valence-electron chi connectivity index (χ0n) is 11.7. The van der Waals surface area contributed by atoms with Crippen LogP contribution < -0.4 is 9.80 Å². The van der Waals surface area contributed by atoms with Crippen molar-refractivity contribution < 1.29 is 14.7 Å². The lowest BCUT2D eigenvalue weighted by molar-refractivity contribution is -0.880. The minimum absolute atomic E-state index is 0.115. The largest absolute Gasteiger partial charge is 0.399 e. The molecule has 108 valence electrons. The molecular weight excluding hydrogens is 260 g/mol. The van der Waals surface area contributed by atoms with Crippen LogP contribution in [0.15, 0.2) is 23.4 Å². The summed E-state index contributed by atoms with van der Waals surface area (Å²) in [5, 5.41) is 14.9. The molecular formula is C13H19N4O3+. The SMILES string of the molecule is CO/N=C/c1ccc(N2CC[NH+](C)CC2)c([N+](=O)[O-])c1. The normalized spacial score (nSPS) is 16.6. The summed E-state index contributed by atoms with van der Waals surface area (Å²) in [6, 6.07) is 5.13. The number of quaternary nitrogens is 1. The molecule has 1 aliphatic heterocycles. The number of hydrogen-bond donors (Lipinski definition) is 1. The Labute approximate surface area is 117 Å². The molecule has 0 aliphatic carbocycles. The van der Waals surface area contributed by atoms with E-state index in [9.17, 15) is 10.1 Å². The van der Waals surface area contributed by atoms with Crippen LogP contribution in [-0.2, 0) is 4.84 Å². The number of oxime groups is 1. The lowest BCUT2D eigenvalue weighted by atomic mass is 10.1. The number of nitro groups is 1. The van der Waals surface area contributed by atoms with E-state index in [-0.39, 0.29) is 10.6 Å². The van der Waals surface area contributed by atoms with Crippen LogP contribution in [-0.4, -0.2) is 51.5 Å². The monoisotopic (exact) mass is 279 g/mol. The first kappa shape index (κ1) is 14.3. The first-order valence-corrected chi connectivity index (χ1v) is 6.53. The predicted molar refractivity (Wildman–Crippen MR) is 76.5 cm³/mol. The maximum atomic E-state index is 11.3. The van der Waals surface area contributed by atoms with Crippen LogP contribution in [0.3, 0.4) is 0 Å². The van der Waals surface area contributed by atoms with E-state index in [2.05, 4.69) is 21.9 Å². The van der Waals surface area contributed by atoms with Gasteiger partial charge >= 0.3 is 0 Å². The first-order chi connectivity index (χ1) is 9.61. The standard InChI is InChI=1S/C13H18N4O3/c1-15-5-7-16(8-6-15)12-4-3-11(10-14-20-2)9-13(12)17(18)19/h3-4,9-10H,5-8H2,1-2H3/p+1/b14-10+. The van der Waals surface area contributed by atoms with Crippen molar-refractivity contribution in [3.63, 3.8) is 0 Å². The molecule has 0 bridgehead atoms. The Hall–Kier alpha value is -2.15. The fourth-order valence-electron chi connectivity index (χ4n) is 2.28. The van der Waals surface area contributed by atoms with Gasteiger partial charge in [-0.05, 0) is 6.07 Å². The number of piperazine rings is 1. The van der Waals surface area contributed by atoms with Crippen molar-refractivity contribution in [2.75, 3.05) is 45.2 Å². The Balaban J connectivity index is 2.28. The number of anilines is 1. The van der Waals surface area contributed by atoms with Gasteiger partial charge in [-0.1, -0.05) is 11.2 Å². The Kier molecular flexibility index (Phi) is 4.52. The summed E-state index contributed by atoms with van der Waals surface area (Å²) in [6.07, 6.45) is 1.46. The van der Waals surface area contributed by atoms with Crippen LogP contribution in [0.5, 0.6) is 0 Å². The summed E-state index contributed by atoms with van der Waals surface area (Å²) in [4.78, 5) is 19.0. The lowest BCUT2D eigenvalue weighted by Gasteiger charge is -2.31. The molecule has 7 heteroatoms. The predicted octanol–water partition coefficient (Wildman–Crippen LogP) is -0.0902. The van der Waals surface area contributed by atoms with Gasteiger partial charge in [0.2, 0.25) is 0 Å². The number of hydrogen-bond acceptors (Lipinski definition) is 5. The van der Waals surface area contributed by atoms with Crippen molar-refractivity contribution in [1.82, 2.24) is 0 Å². The van der Waals surface area contributed by atoms with Crippen LogP contribution in [0.1, 0.15) is 5.56 Å². The van der Waals surface area contributed by atoms with E-state index in [4.69, 9.17) is 0 Å². The van der Waals surface area contributed by atoms with Crippen molar-refractivity contribution in [3.05, 3.63) is 33.9 Å². The quantitative estimate of drug-likeness (QED) is 0.475. The molecule has 1 saturated heterocycles. The molecule has 1 heterocycles. The summed E-state index contributed by atoms with van der Waals surface area (Å²) >= 11 is 0. The van der Waals surface area contributed by atoms with E-state index >= 15 is 0 Å². The minimum Gasteiger partial charge on any atom is -0.399 e. The van der Waals surface area contributed by atoms with Gasteiger partial charge in [-0.2, -0.15) is 0 Å². The van der Waals surface area contributed by atoms with Gasteiger partial charge in [-0.25, -0.2) is 0 Å². The third-order valence-electron chi connectivity index (χ3n) is 3.46. The molecule has 0 atom stereocenters. The van der Waals surface area contributed by atoms with Crippen molar-refractivity contribution in [3.8, 4) is 0 Å². The number of rotatable bonds is 4. The number of benzene rings is 1. The summed E-state index contributed by atoms with van der Waals surface area (Å²) in [7, 11) is 3.57. The number of likely N-dealkylation sites (N-methyl/N-ethyl adjacent to an activating group) is 1. The highest BCUT2D eigenvalue weighted by molar-refractivity contribution is 5.82. The van der Waals surface area contributed by atoms with Gasteiger partial charge in [0.1, 0.15) is 12.8 Å². The third kappa shape index (κ3) is 3.24. The second-order valence-corrected chi connectivity index (χ2v) is 4.87. The highest BCUT2D eigenvalue weighted by Gasteiger charge is 2.24. The fraction of sp³-hybridized carbons (Fsp3) is 0.462. The fourth-order valence-corrected chi connectivity index (χ4v) is 2.28. The summed E-state index contributed by atoms with van der Waals surface area (Å²) in [5.74, 6) is 0. The van der Waals surface area contributed by atoms with Crippen LogP contribution in [0, 0.1) is 10.1 Å². The Bertz CT molecular complexity index is 510. The van der Waals surface area contributed by atoms with Crippen molar-refractivity contribution in [2.24, 2.45) is 5.16 Å². The molecule has 1 fully saturated rings. The average Bonchev–Trinajstić information content (AvgIpc) is 2.45. The Morgan fingerprint density at radius 1 is 1.45 bits per heavy atom. The molecule has 0 aromatic heterocycles. The highest BCUT2D eigenvalue weighted by Crippen LogP contribution is 2.28. The molecule has 1 aromatic carbocycles. The number of nitro benzene ring substituents is 1. The maximum Gasteiger partial charge on any atom is 0.293 e. The number of nitrogens with zero attached hydrogens (tertiary/aromatic N) is 3. The van der Waals surface area contributed by atoms with Gasteiger partial charge in [0.25, 0.3) is 5.69 Å². The third-order valence-corrected chi connectivity index (χ3v) is 3.46. The average molecular weight is 279 g/mol. The molecule has 0 radical (unpaired) electrons. The molecule has 1 aliphatic rings. The van der Waals surface area contributed by atoms with Crippen LogP contribution >= 0.6 is 0 Å². The van der Waals surface area contributed by atoms with E-state index in [1.165, 1.54) is 24.3 Å². The molecule has 2 rings (SSSR count). The zero-order chi connectivity index (χ0) is 14.5. The van der Waals surface area contributed by atoms with E-state index in [1.807, 2.05) is 6.07 Å². The van der Waals surface area contributed by atoms with Gasteiger partial charge in [0, 0.05) is 11.6 Å². The highest BCUT2D eigenvalue weighted by atomic mass is 16.6. The topological polar surface area (TPSA) is 72.4 Å². The zero-order valence-corrected chi connectivity index (χ0v) is 11.7. The molecule has 7 nitrogen and oxygen atoms in total. The van der Waals surface area contributed by atoms with Crippen LogP contribution in [0.4, 0.5) is 11.4 Å². The van der Waals surface area contributed by atoms with Gasteiger partial charge in [-0.3, -0.25) is 10.1 Å². The summed E-state index contributed by atoms with van der Waals surface area (Å²) < 4.78 is 0. The molecule has 1 aromatic rings. The summed E-state index contributed by atoms with van der Waals surface area (Å²) in [6.45, 7) is 3.64. The van der Waals surface area contributed by atoms with Crippen LogP contribution in [0.25, 0.3) is 0 Å². The lowest BCUT2D eigenvalue weighted by Crippen LogP contribution is -3.12. The molecule has 0 amide bonds. The molecule has 20 heavy (non-hydrogen) atoms. The second-order valence-electron chi connectivity index (χ2n) is 4.87. The molecule has 0 saturated carbocycles. The van der Waals surface area contributed by atoms with E-state index < -0.39 is 0 Å². The second kappa shape index (κ2) is 6.33. The molecule has 0 spiro atoms. The van der Waals surface area contributed by atoms with E-state index in [0.717, 1.165) is 26.2 Å². The molecule has 0 unspecified atom stereocenters. The molecule has 1 N–H and O–H groups in total. The maximum absolute atomic E-state index is 11.3. The van der Waals surface area contributed by atoms with Crippen molar-refractivity contribution >= 4 is 17.6 Å². The van der Waals surface area contributed by atoms with Gasteiger partial charge in [0.05, 0.1) is 44.4 Å². The van der Waals surface area contributed by atoms with Gasteiger partial charge < -0.3 is 14.6 Å². The van der Waals surface area contributed by atoms with Crippen LogP contribution in [0.2, 0.25) is 0 Å². The van der Waals surface area contributed by atoms with Crippen molar-refractivity contribution in [1.29, 1.82) is 0 Å². The van der Waals surface area contributed by atoms with Gasteiger partial charge in [0.15, 0.2) is 0 Å². The number of nitrogens with one attached hydrogen (secondary N) is 1. The van der Waals surface area contributed by atoms with E-state index in [0.29, 0.717) is 11.3 Å². The Morgan fingerprint density at radius 2 is 2.15 bits per heavy atom. The van der Waals surface area contributed by atoms with Crippen molar-refractivity contribution in [2.45, 2.75) is 0 Å². The Morgan fingerprint density at radius 3 is 2.75 bits per heavy atom.